The van der Waals surface area contributed by atoms with Gasteiger partial charge in [-0.1, -0.05) is 50.0 Å². The molecule has 1 aromatic carbocycles. The number of aromatic nitrogens is 2. The van der Waals surface area contributed by atoms with Crippen molar-refractivity contribution in [3.8, 4) is 11.3 Å². The van der Waals surface area contributed by atoms with Crippen molar-refractivity contribution in [3.63, 3.8) is 0 Å². The van der Waals surface area contributed by atoms with Gasteiger partial charge in [-0.05, 0) is 18.1 Å². The Morgan fingerprint density at radius 2 is 1.85 bits per heavy atom. The summed E-state index contributed by atoms with van der Waals surface area (Å²) in [6, 6.07) is 5.42. The minimum Gasteiger partial charge on any atom is -0.383 e. The Morgan fingerprint density at radius 1 is 1.25 bits per heavy atom. The van der Waals surface area contributed by atoms with Gasteiger partial charge in [0.1, 0.15) is 17.3 Å². The maximum absolute atomic E-state index is 6.28. The van der Waals surface area contributed by atoms with Crippen molar-refractivity contribution in [1.29, 1.82) is 0 Å². The minimum atomic E-state index is 0.492. The van der Waals surface area contributed by atoms with Crippen LogP contribution in [0.5, 0.6) is 0 Å². The molecule has 0 aliphatic rings. The summed E-state index contributed by atoms with van der Waals surface area (Å²) in [4.78, 5) is 4.64. The molecular formula is C15H19Cl2N3. The first-order valence-corrected chi connectivity index (χ1v) is 7.50. The van der Waals surface area contributed by atoms with Gasteiger partial charge in [0.2, 0.25) is 0 Å². The van der Waals surface area contributed by atoms with Gasteiger partial charge in [0.15, 0.2) is 0 Å². The van der Waals surface area contributed by atoms with E-state index in [2.05, 4.69) is 30.3 Å². The standard InChI is InChI=1S/C15H19Cl2N3/c1-4-12-19-14(15(18)20(12)8-9(2)3)13-10(16)6-5-7-11(13)17/h5-7,9H,4,8,18H2,1-3H3. The van der Waals surface area contributed by atoms with Crippen LogP contribution in [0.2, 0.25) is 10.0 Å². The summed E-state index contributed by atoms with van der Waals surface area (Å²) in [5, 5.41) is 1.14. The zero-order valence-electron chi connectivity index (χ0n) is 12.0. The highest BCUT2D eigenvalue weighted by Crippen LogP contribution is 2.37. The van der Waals surface area contributed by atoms with E-state index < -0.39 is 0 Å². The lowest BCUT2D eigenvalue weighted by molar-refractivity contribution is 0.513. The molecule has 0 amide bonds. The number of rotatable bonds is 4. The van der Waals surface area contributed by atoms with Gasteiger partial charge in [-0.15, -0.1) is 0 Å². The number of nitrogens with zero attached hydrogens (tertiary/aromatic N) is 2. The van der Waals surface area contributed by atoms with E-state index in [-0.39, 0.29) is 0 Å². The number of hydrogen-bond donors (Lipinski definition) is 1. The zero-order valence-corrected chi connectivity index (χ0v) is 13.5. The SMILES string of the molecule is CCc1nc(-c2c(Cl)cccc2Cl)c(N)n1CC(C)C. The first kappa shape index (κ1) is 15.2. The van der Waals surface area contributed by atoms with E-state index in [9.17, 15) is 0 Å². The Bertz CT molecular complexity index is 598. The average molecular weight is 312 g/mol. The van der Waals surface area contributed by atoms with Gasteiger partial charge in [-0.2, -0.15) is 0 Å². The van der Waals surface area contributed by atoms with Gasteiger partial charge in [0.25, 0.3) is 0 Å². The summed E-state index contributed by atoms with van der Waals surface area (Å²) in [6.07, 6.45) is 0.818. The summed E-state index contributed by atoms with van der Waals surface area (Å²) >= 11 is 12.5. The smallest absolute Gasteiger partial charge is 0.131 e. The van der Waals surface area contributed by atoms with Crippen LogP contribution in [0.15, 0.2) is 18.2 Å². The Balaban J connectivity index is 2.61. The predicted octanol–water partition coefficient (Wildman–Crippen LogP) is 4.66. The number of anilines is 1. The lowest BCUT2D eigenvalue weighted by Gasteiger charge is -2.11. The molecule has 108 valence electrons. The third kappa shape index (κ3) is 2.79. The number of nitrogen functional groups attached to an aromatic ring is 1. The fraction of sp³-hybridized carbons (Fsp3) is 0.400. The minimum absolute atomic E-state index is 0.492. The van der Waals surface area contributed by atoms with Crippen molar-refractivity contribution < 1.29 is 0 Å². The first-order chi connectivity index (χ1) is 9.45. The van der Waals surface area contributed by atoms with Crippen LogP contribution in [-0.4, -0.2) is 9.55 Å². The molecule has 0 aliphatic heterocycles. The van der Waals surface area contributed by atoms with Crippen LogP contribution in [0.4, 0.5) is 5.82 Å². The Kier molecular flexibility index (Phi) is 4.61. The summed E-state index contributed by atoms with van der Waals surface area (Å²) in [5.74, 6) is 2.08. The molecule has 0 atom stereocenters. The molecule has 5 heteroatoms. The highest BCUT2D eigenvalue weighted by Gasteiger charge is 2.19. The first-order valence-electron chi connectivity index (χ1n) is 6.74. The lowest BCUT2D eigenvalue weighted by atomic mass is 10.1. The largest absolute Gasteiger partial charge is 0.383 e. The third-order valence-electron chi connectivity index (χ3n) is 3.15. The molecule has 1 heterocycles. The summed E-state index contributed by atoms with van der Waals surface area (Å²) in [7, 11) is 0. The van der Waals surface area contributed by atoms with Crippen LogP contribution < -0.4 is 5.73 Å². The fourth-order valence-corrected chi connectivity index (χ4v) is 2.84. The van der Waals surface area contributed by atoms with Crippen molar-refractivity contribution in [2.75, 3.05) is 5.73 Å². The van der Waals surface area contributed by atoms with Crippen molar-refractivity contribution in [2.24, 2.45) is 5.92 Å². The van der Waals surface area contributed by atoms with E-state index in [1.54, 1.807) is 12.1 Å². The van der Waals surface area contributed by atoms with Gasteiger partial charge >= 0.3 is 0 Å². The number of aryl methyl sites for hydroxylation is 1. The van der Waals surface area contributed by atoms with Crippen molar-refractivity contribution in [2.45, 2.75) is 33.7 Å². The van der Waals surface area contributed by atoms with Crippen LogP contribution in [0, 0.1) is 5.92 Å². The molecule has 0 radical (unpaired) electrons. The maximum Gasteiger partial charge on any atom is 0.131 e. The molecule has 0 bridgehead atoms. The van der Waals surface area contributed by atoms with Crippen molar-refractivity contribution in [3.05, 3.63) is 34.1 Å². The molecule has 0 aliphatic carbocycles. The molecule has 3 nitrogen and oxygen atoms in total. The van der Waals surface area contributed by atoms with E-state index in [4.69, 9.17) is 28.9 Å². The molecule has 0 spiro atoms. The Hall–Kier alpha value is -1.19. The molecule has 0 unspecified atom stereocenters. The van der Waals surface area contributed by atoms with Gasteiger partial charge in [-0.3, -0.25) is 0 Å². The summed E-state index contributed by atoms with van der Waals surface area (Å²) in [6.45, 7) is 7.21. The molecular weight excluding hydrogens is 293 g/mol. The monoisotopic (exact) mass is 311 g/mol. The maximum atomic E-state index is 6.28. The molecule has 0 fully saturated rings. The van der Waals surface area contributed by atoms with Gasteiger partial charge in [0, 0.05) is 18.5 Å². The number of nitrogens with two attached hydrogens (primary N) is 1. The molecule has 2 rings (SSSR count). The number of halogens is 2. The van der Waals surface area contributed by atoms with Gasteiger partial charge < -0.3 is 10.3 Å². The third-order valence-corrected chi connectivity index (χ3v) is 3.78. The topological polar surface area (TPSA) is 43.8 Å². The van der Waals surface area contributed by atoms with Crippen LogP contribution in [0.3, 0.4) is 0 Å². The predicted molar refractivity (Wildman–Crippen MR) is 86.3 cm³/mol. The van der Waals surface area contributed by atoms with Gasteiger partial charge in [-0.25, -0.2) is 4.98 Å². The number of benzene rings is 1. The quantitative estimate of drug-likeness (QED) is 0.892. The lowest BCUT2D eigenvalue weighted by Crippen LogP contribution is -2.11. The fourth-order valence-electron chi connectivity index (χ4n) is 2.26. The molecule has 0 saturated carbocycles. The normalized spacial score (nSPS) is 11.3. The van der Waals surface area contributed by atoms with Crippen LogP contribution in [0.25, 0.3) is 11.3 Å². The average Bonchev–Trinajstić information content (AvgIpc) is 2.67. The molecule has 2 aromatic rings. The van der Waals surface area contributed by atoms with E-state index in [1.165, 1.54) is 0 Å². The molecule has 20 heavy (non-hydrogen) atoms. The highest BCUT2D eigenvalue weighted by atomic mass is 35.5. The molecule has 0 saturated heterocycles. The van der Waals surface area contributed by atoms with E-state index in [0.717, 1.165) is 18.8 Å². The summed E-state index contributed by atoms with van der Waals surface area (Å²) < 4.78 is 2.06. The van der Waals surface area contributed by atoms with E-state index in [1.807, 2.05) is 6.07 Å². The Labute approximate surface area is 129 Å². The van der Waals surface area contributed by atoms with Crippen LogP contribution in [-0.2, 0) is 13.0 Å². The second kappa shape index (κ2) is 6.06. The van der Waals surface area contributed by atoms with Crippen LogP contribution >= 0.6 is 23.2 Å². The van der Waals surface area contributed by atoms with Crippen molar-refractivity contribution >= 4 is 29.0 Å². The highest BCUT2D eigenvalue weighted by molar-refractivity contribution is 6.39. The van der Waals surface area contributed by atoms with Crippen molar-refractivity contribution in [1.82, 2.24) is 9.55 Å². The Morgan fingerprint density at radius 3 is 2.35 bits per heavy atom. The number of imidazole rings is 1. The summed E-state index contributed by atoms with van der Waals surface area (Å²) in [5.41, 5.74) is 7.67. The van der Waals surface area contributed by atoms with Gasteiger partial charge in [0.05, 0.1) is 10.0 Å². The zero-order chi connectivity index (χ0) is 14.9. The number of hydrogen-bond acceptors (Lipinski definition) is 2. The second-order valence-electron chi connectivity index (χ2n) is 5.22. The molecule has 1 aromatic heterocycles. The molecule has 2 N–H and O–H groups in total. The van der Waals surface area contributed by atoms with E-state index in [0.29, 0.717) is 33.0 Å². The van der Waals surface area contributed by atoms with E-state index >= 15 is 0 Å². The van der Waals surface area contributed by atoms with Crippen LogP contribution in [0.1, 0.15) is 26.6 Å². The second-order valence-corrected chi connectivity index (χ2v) is 6.03.